The summed E-state index contributed by atoms with van der Waals surface area (Å²) in [5.41, 5.74) is 0. The zero-order valence-corrected chi connectivity index (χ0v) is 8.60. The molecule has 80 valence electrons. The van der Waals surface area contributed by atoms with Crippen molar-refractivity contribution in [3.05, 3.63) is 30.3 Å². The molecule has 0 aliphatic carbocycles. The van der Waals surface area contributed by atoms with Crippen LogP contribution in [0.4, 0.5) is 0 Å². The molecule has 0 saturated carbocycles. The van der Waals surface area contributed by atoms with Crippen molar-refractivity contribution in [3.8, 4) is 5.75 Å². The second-order valence-corrected chi connectivity index (χ2v) is 2.99. The highest BCUT2D eigenvalue weighted by molar-refractivity contribution is 5.79. The molecule has 0 amide bonds. The molecule has 1 aromatic carbocycles. The summed E-state index contributed by atoms with van der Waals surface area (Å²) in [5, 5.41) is 0. The van der Waals surface area contributed by atoms with Crippen LogP contribution in [0.1, 0.15) is 13.8 Å². The number of carbonyl (C=O) groups is 2. The van der Waals surface area contributed by atoms with Gasteiger partial charge in [-0.1, -0.05) is 18.2 Å². The minimum atomic E-state index is -0.886. The Kier molecular flexibility index (Phi) is 3.85. The minimum absolute atomic E-state index is 0.432. The molecule has 0 aromatic heterocycles. The van der Waals surface area contributed by atoms with Crippen molar-refractivity contribution in [2.24, 2.45) is 0 Å². The zero-order valence-electron chi connectivity index (χ0n) is 8.60. The number of ether oxygens (including phenoxy) is 2. The molecule has 0 heterocycles. The van der Waals surface area contributed by atoms with Gasteiger partial charge in [0.1, 0.15) is 5.75 Å². The molecule has 0 radical (unpaired) electrons. The van der Waals surface area contributed by atoms with E-state index in [1.807, 2.05) is 6.07 Å². The lowest BCUT2D eigenvalue weighted by molar-refractivity contribution is -0.159. The van der Waals surface area contributed by atoms with Crippen LogP contribution in [0.25, 0.3) is 0 Å². The monoisotopic (exact) mass is 208 g/mol. The topological polar surface area (TPSA) is 52.6 Å². The Morgan fingerprint density at radius 2 is 1.80 bits per heavy atom. The van der Waals surface area contributed by atoms with Crippen LogP contribution in [0.5, 0.6) is 5.75 Å². The van der Waals surface area contributed by atoms with Gasteiger partial charge in [0.2, 0.25) is 0 Å². The first kappa shape index (κ1) is 11.2. The van der Waals surface area contributed by atoms with Gasteiger partial charge in [0.15, 0.2) is 6.10 Å². The lowest BCUT2D eigenvalue weighted by Gasteiger charge is -2.10. The standard InChI is InChI=1S/C11H12O4/c1-8(14-9(2)12)11(13)15-10-6-4-3-5-7-10/h3-8H,1-2H3. The highest BCUT2D eigenvalue weighted by atomic mass is 16.6. The third-order valence-corrected chi connectivity index (χ3v) is 1.64. The Hall–Kier alpha value is -1.84. The molecule has 0 bridgehead atoms. The third kappa shape index (κ3) is 3.81. The molecular weight excluding hydrogens is 196 g/mol. The second-order valence-electron chi connectivity index (χ2n) is 2.99. The van der Waals surface area contributed by atoms with Gasteiger partial charge in [-0.25, -0.2) is 4.79 Å². The number of esters is 2. The van der Waals surface area contributed by atoms with Crippen molar-refractivity contribution >= 4 is 11.9 Å². The van der Waals surface area contributed by atoms with E-state index < -0.39 is 18.0 Å². The van der Waals surface area contributed by atoms with Gasteiger partial charge in [-0.15, -0.1) is 0 Å². The maximum absolute atomic E-state index is 11.3. The van der Waals surface area contributed by atoms with Crippen LogP contribution in [0, 0.1) is 0 Å². The van der Waals surface area contributed by atoms with Crippen LogP contribution < -0.4 is 4.74 Å². The van der Waals surface area contributed by atoms with E-state index in [0.29, 0.717) is 5.75 Å². The van der Waals surface area contributed by atoms with Gasteiger partial charge in [-0.3, -0.25) is 4.79 Å². The lowest BCUT2D eigenvalue weighted by Crippen LogP contribution is -2.27. The van der Waals surface area contributed by atoms with Gasteiger partial charge in [0, 0.05) is 6.92 Å². The lowest BCUT2D eigenvalue weighted by atomic mass is 10.3. The van der Waals surface area contributed by atoms with Crippen molar-refractivity contribution < 1.29 is 19.1 Å². The zero-order chi connectivity index (χ0) is 11.3. The molecule has 1 unspecified atom stereocenters. The summed E-state index contributed by atoms with van der Waals surface area (Å²) in [6.07, 6.45) is -0.886. The van der Waals surface area contributed by atoms with E-state index in [9.17, 15) is 9.59 Å². The summed E-state index contributed by atoms with van der Waals surface area (Å²) >= 11 is 0. The first-order valence-electron chi connectivity index (χ1n) is 4.53. The predicted molar refractivity (Wildman–Crippen MR) is 53.3 cm³/mol. The minimum Gasteiger partial charge on any atom is -0.451 e. The van der Waals surface area contributed by atoms with Crippen molar-refractivity contribution in [2.75, 3.05) is 0 Å². The van der Waals surface area contributed by atoms with Gasteiger partial charge in [0.25, 0.3) is 0 Å². The average molecular weight is 208 g/mol. The maximum Gasteiger partial charge on any atom is 0.352 e. The molecule has 1 rings (SSSR count). The molecular formula is C11H12O4. The summed E-state index contributed by atoms with van der Waals surface area (Å²) in [5.74, 6) is -0.662. The summed E-state index contributed by atoms with van der Waals surface area (Å²) in [4.78, 5) is 21.9. The molecule has 1 atom stereocenters. The molecule has 4 heteroatoms. The van der Waals surface area contributed by atoms with E-state index in [2.05, 4.69) is 4.74 Å². The smallest absolute Gasteiger partial charge is 0.352 e. The molecule has 0 N–H and O–H groups in total. The van der Waals surface area contributed by atoms with Crippen molar-refractivity contribution in [1.82, 2.24) is 0 Å². The number of benzene rings is 1. The van der Waals surface area contributed by atoms with Gasteiger partial charge < -0.3 is 9.47 Å². The van der Waals surface area contributed by atoms with E-state index in [-0.39, 0.29) is 0 Å². The van der Waals surface area contributed by atoms with E-state index in [4.69, 9.17) is 4.74 Å². The van der Waals surface area contributed by atoms with E-state index in [0.717, 1.165) is 0 Å². The number of hydrogen-bond donors (Lipinski definition) is 0. The van der Waals surface area contributed by atoms with Gasteiger partial charge in [0.05, 0.1) is 0 Å². The molecule has 0 aliphatic rings. The summed E-state index contributed by atoms with van der Waals surface area (Å²) < 4.78 is 9.63. The van der Waals surface area contributed by atoms with E-state index in [1.165, 1.54) is 13.8 Å². The Morgan fingerprint density at radius 3 is 2.33 bits per heavy atom. The van der Waals surface area contributed by atoms with Crippen LogP contribution in [-0.4, -0.2) is 18.0 Å². The predicted octanol–water partition coefficient (Wildman–Crippen LogP) is 1.54. The average Bonchev–Trinajstić information content (AvgIpc) is 2.18. The summed E-state index contributed by atoms with van der Waals surface area (Å²) in [7, 11) is 0. The molecule has 0 saturated heterocycles. The Balaban J connectivity index is 2.52. The van der Waals surface area contributed by atoms with Crippen LogP contribution in [0.15, 0.2) is 30.3 Å². The third-order valence-electron chi connectivity index (χ3n) is 1.64. The van der Waals surface area contributed by atoms with Crippen LogP contribution in [0.2, 0.25) is 0 Å². The van der Waals surface area contributed by atoms with Crippen LogP contribution in [0.3, 0.4) is 0 Å². The Labute approximate surface area is 87.8 Å². The summed E-state index contributed by atoms with van der Waals surface area (Å²) in [6, 6.07) is 8.61. The van der Waals surface area contributed by atoms with E-state index >= 15 is 0 Å². The number of para-hydroxylation sites is 1. The first-order valence-corrected chi connectivity index (χ1v) is 4.53. The number of carbonyl (C=O) groups excluding carboxylic acids is 2. The first-order chi connectivity index (χ1) is 7.09. The molecule has 0 aliphatic heterocycles. The number of hydrogen-bond acceptors (Lipinski definition) is 4. The largest absolute Gasteiger partial charge is 0.451 e. The fourth-order valence-corrected chi connectivity index (χ4v) is 0.985. The number of rotatable bonds is 3. The van der Waals surface area contributed by atoms with Gasteiger partial charge in [-0.05, 0) is 19.1 Å². The van der Waals surface area contributed by atoms with Gasteiger partial charge >= 0.3 is 11.9 Å². The normalized spacial score (nSPS) is 11.6. The van der Waals surface area contributed by atoms with Crippen molar-refractivity contribution in [1.29, 1.82) is 0 Å². The highest BCUT2D eigenvalue weighted by Crippen LogP contribution is 2.09. The molecule has 0 fully saturated rings. The quantitative estimate of drug-likeness (QED) is 0.558. The molecule has 1 aromatic rings. The fourth-order valence-electron chi connectivity index (χ4n) is 0.985. The SMILES string of the molecule is CC(=O)OC(C)C(=O)Oc1ccccc1. The molecule has 15 heavy (non-hydrogen) atoms. The van der Waals surface area contributed by atoms with Gasteiger partial charge in [-0.2, -0.15) is 0 Å². The van der Waals surface area contributed by atoms with Crippen LogP contribution >= 0.6 is 0 Å². The Morgan fingerprint density at radius 1 is 1.20 bits per heavy atom. The summed E-state index contributed by atoms with van der Waals surface area (Å²) in [6.45, 7) is 2.71. The van der Waals surface area contributed by atoms with E-state index in [1.54, 1.807) is 24.3 Å². The molecule has 0 spiro atoms. The highest BCUT2D eigenvalue weighted by Gasteiger charge is 2.17. The Bertz CT molecular complexity index is 345. The van der Waals surface area contributed by atoms with Crippen molar-refractivity contribution in [3.63, 3.8) is 0 Å². The maximum atomic E-state index is 11.3. The van der Waals surface area contributed by atoms with Crippen molar-refractivity contribution in [2.45, 2.75) is 20.0 Å². The second kappa shape index (κ2) is 5.14. The van der Waals surface area contributed by atoms with Crippen LogP contribution in [-0.2, 0) is 14.3 Å². The fraction of sp³-hybridized carbons (Fsp3) is 0.273. The molecule has 4 nitrogen and oxygen atoms in total.